The summed E-state index contributed by atoms with van der Waals surface area (Å²) >= 11 is 5.63. The molecule has 0 spiro atoms. The van der Waals surface area contributed by atoms with Crippen LogP contribution in [0.1, 0.15) is 5.56 Å². The standard InChI is InChI=1S/C10H6ClFN2O4/c11-10-6(4-15)9(13-18-10)5-1-2-7(12)8(3-5)14(16)17/h1-3,15H,4H2. The van der Waals surface area contributed by atoms with Gasteiger partial charge in [-0.1, -0.05) is 5.16 Å². The molecule has 1 N–H and O–H groups in total. The number of aliphatic hydroxyl groups is 1. The number of benzene rings is 1. The second kappa shape index (κ2) is 4.71. The van der Waals surface area contributed by atoms with Crippen LogP contribution in [0.5, 0.6) is 0 Å². The van der Waals surface area contributed by atoms with Gasteiger partial charge in [-0.2, -0.15) is 4.39 Å². The van der Waals surface area contributed by atoms with Gasteiger partial charge >= 0.3 is 5.69 Å². The first kappa shape index (κ1) is 12.5. The highest BCUT2D eigenvalue weighted by atomic mass is 35.5. The van der Waals surface area contributed by atoms with Crippen LogP contribution in [0, 0.1) is 15.9 Å². The number of rotatable bonds is 3. The SMILES string of the molecule is O=[N+]([O-])c1cc(-c2noc(Cl)c2CO)ccc1F. The minimum atomic E-state index is -0.955. The highest BCUT2D eigenvalue weighted by Crippen LogP contribution is 2.31. The molecule has 6 nitrogen and oxygen atoms in total. The zero-order chi connectivity index (χ0) is 13.3. The van der Waals surface area contributed by atoms with Gasteiger partial charge in [0.2, 0.25) is 11.0 Å². The van der Waals surface area contributed by atoms with Gasteiger partial charge in [-0.25, -0.2) is 0 Å². The van der Waals surface area contributed by atoms with E-state index < -0.39 is 23.0 Å². The van der Waals surface area contributed by atoms with Gasteiger partial charge in [-0.05, 0) is 23.7 Å². The van der Waals surface area contributed by atoms with E-state index in [1.54, 1.807) is 0 Å². The Kier molecular flexibility index (Phi) is 3.26. The van der Waals surface area contributed by atoms with Crippen molar-refractivity contribution < 1.29 is 18.9 Å². The fourth-order valence-corrected chi connectivity index (χ4v) is 1.64. The van der Waals surface area contributed by atoms with Crippen molar-refractivity contribution in [2.24, 2.45) is 0 Å². The molecule has 0 aliphatic carbocycles. The Morgan fingerprint density at radius 2 is 2.28 bits per heavy atom. The van der Waals surface area contributed by atoms with Gasteiger partial charge in [-0.15, -0.1) is 0 Å². The maximum absolute atomic E-state index is 13.2. The molecule has 1 aromatic carbocycles. The summed E-state index contributed by atoms with van der Waals surface area (Å²) < 4.78 is 17.8. The second-order valence-corrected chi connectivity index (χ2v) is 3.71. The lowest BCUT2D eigenvalue weighted by Crippen LogP contribution is -1.94. The second-order valence-electron chi connectivity index (χ2n) is 3.36. The lowest BCUT2D eigenvalue weighted by atomic mass is 10.1. The summed E-state index contributed by atoms with van der Waals surface area (Å²) in [6, 6.07) is 3.23. The van der Waals surface area contributed by atoms with Crippen molar-refractivity contribution in [3.63, 3.8) is 0 Å². The quantitative estimate of drug-likeness (QED) is 0.685. The van der Waals surface area contributed by atoms with Crippen molar-refractivity contribution in [3.05, 3.63) is 44.9 Å². The summed E-state index contributed by atoms with van der Waals surface area (Å²) in [7, 11) is 0. The molecule has 0 aliphatic rings. The van der Waals surface area contributed by atoms with Gasteiger partial charge in [0.1, 0.15) is 5.69 Å². The Bertz CT molecular complexity index is 614. The number of halogens is 2. The van der Waals surface area contributed by atoms with E-state index in [0.29, 0.717) is 0 Å². The van der Waals surface area contributed by atoms with Crippen LogP contribution in [0.4, 0.5) is 10.1 Å². The van der Waals surface area contributed by atoms with Crippen molar-refractivity contribution in [1.82, 2.24) is 5.16 Å². The first-order valence-corrected chi connectivity index (χ1v) is 5.11. The van der Waals surface area contributed by atoms with Gasteiger partial charge in [0.15, 0.2) is 0 Å². The van der Waals surface area contributed by atoms with E-state index in [4.69, 9.17) is 16.7 Å². The zero-order valence-corrected chi connectivity index (χ0v) is 9.52. The average molecular weight is 273 g/mol. The number of aromatic nitrogens is 1. The average Bonchev–Trinajstić information content (AvgIpc) is 2.70. The Morgan fingerprint density at radius 1 is 1.56 bits per heavy atom. The van der Waals surface area contributed by atoms with Crippen LogP contribution >= 0.6 is 11.6 Å². The molecule has 0 atom stereocenters. The summed E-state index contributed by atoms with van der Waals surface area (Å²) in [5.41, 5.74) is -0.110. The van der Waals surface area contributed by atoms with E-state index in [-0.39, 0.29) is 22.0 Å². The molecule has 0 radical (unpaired) electrons. The van der Waals surface area contributed by atoms with E-state index in [0.717, 1.165) is 12.1 Å². The maximum Gasteiger partial charge on any atom is 0.305 e. The molecule has 0 amide bonds. The lowest BCUT2D eigenvalue weighted by molar-refractivity contribution is -0.387. The minimum Gasteiger partial charge on any atom is -0.391 e. The normalized spacial score (nSPS) is 10.6. The molecule has 0 aliphatic heterocycles. The fraction of sp³-hybridized carbons (Fsp3) is 0.100. The maximum atomic E-state index is 13.2. The first-order valence-electron chi connectivity index (χ1n) is 4.73. The predicted molar refractivity (Wildman–Crippen MR) is 59.5 cm³/mol. The topological polar surface area (TPSA) is 89.4 Å². The summed E-state index contributed by atoms with van der Waals surface area (Å²) in [5.74, 6) is -0.955. The molecule has 0 bridgehead atoms. The minimum absolute atomic E-state index is 0.112. The van der Waals surface area contributed by atoms with Crippen molar-refractivity contribution in [3.8, 4) is 11.3 Å². The van der Waals surface area contributed by atoms with Crippen LogP contribution in [-0.4, -0.2) is 15.2 Å². The molecule has 2 aromatic rings. The van der Waals surface area contributed by atoms with Crippen LogP contribution < -0.4 is 0 Å². The van der Waals surface area contributed by atoms with Crippen LogP contribution in [-0.2, 0) is 6.61 Å². The molecule has 0 saturated heterocycles. The summed E-state index contributed by atoms with van der Waals surface area (Å²) in [4.78, 5) is 9.76. The highest BCUT2D eigenvalue weighted by Gasteiger charge is 2.20. The van der Waals surface area contributed by atoms with E-state index in [1.165, 1.54) is 6.07 Å². The van der Waals surface area contributed by atoms with Gasteiger partial charge < -0.3 is 9.63 Å². The molecule has 0 unspecified atom stereocenters. The molecular weight excluding hydrogens is 267 g/mol. The van der Waals surface area contributed by atoms with Crippen molar-refractivity contribution in [1.29, 1.82) is 0 Å². The summed E-state index contributed by atoms with van der Waals surface area (Å²) in [6.45, 7) is -0.442. The van der Waals surface area contributed by atoms with Crippen LogP contribution in [0.25, 0.3) is 11.3 Å². The molecule has 1 aromatic heterocycles. The third kappa shape index (κ3) is 2.05. The van der Waals surface area contributed by atoms with Crippen LogP contribution in [0.3, 0.4) is 0 Å². The third-order valence-corrected chi connectivity index (χ3v) is 2.61. The monoisotopic (exact) mass is 272 g/mol. The van der Waals surface area contributed by atoms with E-state index in [1.807, 2.05) is 0 Å². The van der Waals surface area contributed by atoms with Gasteiger partial charge in [0.05, 0.1) is 17.1 Å². The number of hydrogen-bond donors (Lipinski definition) is 1. The van der Waals surface area contributed by atoms with Crippen molar-refractivity contribution >= 4 is 17.3 Å². The molecule has 8 heteroatoms. The Labute approximate surface area is 105 Å². The molecule has 0 saturated carbocycles. The number of aliphatic hydroxyl groups excluding tert-OH is 1. The summed E-state index contributed by atoms with van der Waals surface area (Å²) in [5, 5.41) is 23.2. The lowest BCUT2D eigenvalue weighted by Gasteiger charge is -2.00. The molecule has 0 fully saturated rings. The van der Waals surface area contributed by atoms with Crippen molar-refractivity contribution in [2.45, 2.75) is 6.61 Å². The number of nitro benzene ring substituents is 1. The van der Waals surface area contributed by atoms with Gasteiger partial charge in [0, 0.05) is 11.6 Å². The number of nitrogens with zero attached hydrogens (tertiary/aromatic N) is 2. The molecule has 94 valence electrons. The smallest absolute Gasteiger partial charge is 0.305 e. The first-order chi connectivity index (χ1) is 8.54. The van der Waals surface area contributed by atoms with Crippen LogP contribution in [0.15, 0.2) is 22.7 Å². The molecular formula is C10H6ClFN2O4. The zero-order valence-electron chi connectivity index (χ0n) is 8.76. The highest BCUT2D eigenvalue weighted by molar-refractivity contribution is 6.29. The van der Waals surface area contributed by atoms with E-state index >= 15 is 0 Å². The van der Waals surface area contributed by atoms with E-state index in [2.05, 4.69) is 9.68 Å². The van der Waals surface area contributed by atoms with Gasteiger partial charge in [-0.3, -0.25) is 10.1 Å². The number of hydrogen-bond acceptors (Lipinski definition) is 5. The van der Waals surface area contributed by atoms with E-state index in [9.17, 15) is 14.5 Å². The molecule has 1 heterocycles. The Hall–Kier alpha value is -1.99. The Balaban J connectivity index is 2.57. The Morgan fingerprint density at radius 3 is 2.89 bits per heavy atom. The third-order valence-electron chi connectivity index (χ3n) is 2.31. The summed E-state index contributed by atoms with van der Waals surface area (Å²) in [6.07, 6.45) is 0. The van der Waals surface area contributed by atoms with Crippen LogP contribution in [0.2, 0.25) is 5.22 Å². The largest absolute Gasteiger partial charge is 0.391 e. The molecule has 2 rings (SSSR count). The van der Waals surface area contributed by atoms with Gasteiger partial charge in [0.25, 0.3) is 0 Å². The number of nitro groups is 1. The fourth-order valence-electron chi connectivity index (χ4n) is 1.45. The predicted octanol–water partition coefficient (Wildman–Crippen LogP) is 2.53. The van der Waals surface area contributed by atoms with Crippen molar-refractivity contribution in [2.75, 3.05) is 0 Å². The molecule has 18 heavy (non-hydrogen) atoms.